The van der Waals surface area contributed by atoms with Gasteiger partial charge in [0.15, 0.2) is 6.10 Å². The van der Waals surface area contributed by atoms with E-state index in [9.17, 15) is 14.3 Å². The van der Waals surface area contributed by atoms with E-state index in [1.54, 1.807) is 13.2 Å². The van der Waals surface area contributed by atoms with E-state index >= 15 is 0 Å². The van der Waals surface area contributed by atoms with Crippen molar-refractivity contribution in [2.45, 2.75) is 19.6 Å². The van der Waals surface area contributed by atoms with Crippen molar-refractivity contribution in [1.82, 2.24) is 9.55 Å². The fourth-order valence-corrected chi connectivity index (χ4v) is 4.06. The second-order valence-corrected chi connectivity index (χ2v) is 8.10. The van der Waals surface area contributed by atoms with Crippen LogP contribution in [0, 0.1) is 12.7 Å². The number of amides is 1. The van der Waals surface area contributed by atoms with Gasteiger partial charge in [0.05, 0.1) is 19.9 Å². The Hall–Kier alpha value is -3.62. The van der Waals surface area contributed by atoms with Crippen LogP contribution >= 0.6 is 11.6 Å². The van der Waals surface area contributed by atoms with Gasteiger partial charge < -0.3 is 24.5 Å². The molecule has 0 radical (unpaired) electrons. The molecule has 1 amide bonds. The summed E-state index contributed by atoms with van der Waals surface area (Å²) in [6.45, 7) is 2.32. The van der Waals surface area contributed by atoms with Crippen molar-refractivity contribution in [2.24, 2.45) is 0 Å². The summed E-state index contributed by atoms with van der Waals surface area (Å²) in [6.07, 6.45) is -0.266. The summed E-state index contributed by atoms with van der Waals surface area (Å²) < 4.78 is 26.7. The highest BCUT2D eigenvalue weighted by atomic mass is 35.5. The Labute approximate surface area is 200 Å². The van der Waals surface area contributed by atoms with Gasteiger partial charge in [-0.25, -0.2) is 4.98 Å². The normalized spacial score (nSPS) is 11.9. The standard InChI is InChI=1S/C25H23ClFN3O4/c1-14-21(23(31)24(32)29-19-10-11-28-25(34-3)22(19)27)18-12-17(33-2)8-9-20(18)30(14)13-15-4-6-16(26)7-5-15/h4-12,23,31H,13H2,1-3H3,(H,28,29,32). The summed E-state index contributed by atoms with van der Waals surface area (Å²) in [5.74, 6) is -1.29. The molecule has 1 unspecified atom stereocenters. The molecule has 4 aromatic rings. The molecule has 2 heterocycles. The molecule has 0 aliphatic rings. The number of nitrogens with one attached hydrogen (secondary N) is 1. The minimum absolute atomic E-state index is 0.143. The van der Waals surface area contributed by atoms with E-state index in [1.165, 1.54) is 19.4 Å². The topological polar surface area (TPSA) is 85.6 Å². The number of carbonyl (C=O) groups is 1. The summed E-state index contributed by atoms with van der Waals surface area (Å²) in [4.78, 5) is 16.7. The van der Waals surface area contributed by atoms with Gasteiger partial charge in [0.25, 0.3) is 11.8 Å². The fraction of sp³-hybridized carbons (Fsp3) is 0.200. The van der Waals surface area contributed by atoms with Gasteiger partial charge in [-0.3, -0.25) is 4.79 Å². The molecule has 0 fully saturated rings. The van der Waals surface area contributed by atoms with E-state index in [-0.39, 0.29) is 11.6 Å². The average Bonchev–Trinajstić information content (AvgIpc) is 3.11. The predicted octanol–water partition coefficient (Wildman–Crippen LogP) is 4.87. The van der Waals surface area contributed by atoms with Crippen LogP contribution in [0.2, 0.25) is 5.02 Å². The van der Waals surface area contributed by atoms with Gasteiger partial charge >= 0.3 is 0 Å². The number of nitrogens with zero attached hydrogens (tertiary/aromatic N) is 2. The first-order valence-corrected chi connectivity index (χ1v) is 10.8. The zero-order valence-corrected chi connectivity index (χ0v) is 19.6. The van der Waals surface area contributed by atoms with Crippen LogP contribution in [0.1, 0.15) is 22.9 Å². The molecule has 7 nitrogen and oxygen atoms in total. The zero-order valence-electron chi connectivity index (χ0n) is 18.8. The molecule has 0 aliphatic carbocycles. The molecule has 4 rings (SSSR count). The zero-order chi connectivity index (χ0) is 24.4. The van der Waals surface area contributed by atoms with Crippen LogP contribution in [0.25, 0.3) is 10.9 Å². The molecular weight excluding hydrogens is 461 g/mol. The highest BCUT2D eigenvalue weighted by molar-refractivity contribution is 6.30. The minimum Gasteiger partial charge on any atom is -0.497 e. The Kier molecular flexibility index (Phi) is 6.72. The van der Waals surface area contributed by atoms with E-state index in [1.807, 2.05) is 47.9 Å². The van der Waals surface area contributed by atoms with Gasteiger partial charge in [0, 0.05) is 39.9 Å². The van der Waals surface area contributed by atoms with Crippen LogP contribution in [-0.4, -0.2) is 34.8 Å². The lowest BCUT2D eigenvalue weighted by molar-refractivity contribution is -0.124. The largest absolute Gasteiger partial charge is 0.497 e. The van der Waals surface area contributed by atoms with Crippen LogP contribution in [0.5, 0.6) is 11.6 Å². The maximum atomic E-state index is 14.5. The van der Waals surface area contributed by atoms with Gasteiger partial charge in [0.2, 0.25) is 5.82 Å². The highest BCUT2D eigenvalue weighted by Gasteiger charge is 2.27. The average molecular weight is 484 g/mol. The molecule has 0 bridgehead atoms. The molecule has 1 atom stereocenters. The smallest absolute Gasteiger partial charge is 0.258 e. The number of pyridine rings is 1. The molecule has 176 valence electrons. The Bertz CT molecular complexity index is 1350. The lowest BCUT2D eigenvalue weighted by Gasteiger charge is -2.14. The third-order valence-electron chi connectivity index (χ3n) is 5.66. The third kappa shape index (κ3) is 4.42. The Morgan fingerprint density at radius 1 is 1.18 bits per heavy atom. The molecule has 0 saturated carbocycles. The molecule has 34 heavy (non-hydrogen) atoms. The van der Waals surface area contributed by atoms with Crippen molar-refractivity contribution in [1.29, 1.82) is 0 Å². The van der Waals surface area contributed by atoms with Crippen LogP contribution in [0.4, 0.5) is 10.1 Å². The summed E-state index contributed by atoms with van der Waals surface area (Å²) in [7, 11) is 2.82. The van der Waals surface area contributed by atoms with Gasteiger partial charge in [-0.15, -0.1) is 0 Å². The summed E-state index contributed by atoms with van der Waals surface area (Å²) >= 11 is 6.01. The minimum atomic E-state index is -1.57. The number of hydrogen-bond acceptors (Lipinski definition) is 5. The Morgan fingerprint density at radius 2 is 1.91 bits per heavy atom. The number of methoxy groups -OCH3 is 2. The SMILES string of the molecule is COc1ccc2c(c1)c(C(O)C(=O)Nc1ccnc(OC)c1F)c(C)n2Cc1ccc(Cl)cc1. The van der Waals surface area contributed by atoms with Crippen LogP contribution in [0.15, 0.2) is 54.7 Å². The lowest BCUT2D eigenvalue weighted by Crippen LogP contribution is -2.22. The number of carbonyl (C=O) groups excluding carboxylic acids is 1. The number of aliphatic hydroxyl groups is 1. The maximum absolute atomic E-state index is 14.5. The van der Waals surface area contributed by atoms with Crippen molar-refractivity contribution >= 4 is 34.1 Å². The Morgan fingerprint density at radius 3 is 2.59 bits per heavy atom. The number of anilines is 1. The first-order chi connectivity index (χ1) is 16.3. The van der Waals surface area contributed by atoms with Crippen molar-refractivity contribution < 1.29 is 23.8 Å². The van der Waals surface area contributed by atoms with Gasteiger partial charge in [-0.1, -0.05) is 23.7 Å². The number of halogens is 2. The number of rotatable bonds is 7. The first-order valence-electron chi connectivity index (χ1n) is 10.4. The van der Waals surface area contributed by atoms with E-state index in [0.29, 0.717) is 34.0 Å². The molecule has 0 spiro atoms. The molecule has 2 aromatic carbocycles. The van der Waals surface area contributed by atoms with Crippen molar-refractivity contribution in [3.63, 3.8) is 0 Å². The molecule has 2 aromatic heterocycles. The van der Waals surface area contributed by atoms with Gasteiger partial charge in [0.1, 0.15) is 5.75 Å². The second-order valence-electron chi connectivity index (χ2n) is 7.67. The van der Waals surface area contributed by atoms with Crippen molar-refractivity contribution in [3.05, 3.63) is 82.4 Å². The van der Waals surface area contributed by atoms with Gasteiger partial charge in [-0.05, 0) is 48.9 Å². The van der Waals surface area contributed by atoms with Crippen LogP contribution in [-0.2, 0) is 11.3 Å². The molecule has 0 saturated heterocycles. The van der Waals surface area contributed by atoms with Gasteiger partial charge in [-0.2, -0.15) is 4.39 Å². The van der Waals surface area contributed by atoms with Crippen molar-refractivity contribution in [3.8, 4) is 11.6 Å². The maximum Gasteiger partial charge on any atom is 0.258 e. The fourth-order valence-electron chi connectivity index (χ4n) is 3.93. The number of hydrogen-bond donors (Lipinski definition) is 2. The quantitative estimate of drug-likeness (QED) is 0.391. The summed E-state index contributed by atoms with van der Waals surface area (Å²) in [6, 6.07) is 14.2. The van der Waals surface area contributed by atoms with E-state index in [2.05, 4.69) is 10.3 Å². The van der Waals surface area contributed by atoms with Crippen LogP contribution in [0.3, 0.4) is 0 Å². The summed E-state index contributed by atoms with van der Waals surface area (Å²) in [5, 5.41) is 14.8. The third-order valence-corrected chi connectivity index (χ3v) is 5.92. The number of aromatic nitrogens is 2. The number of ether oxygens (including phenoxy) is 2. The highest BCUT2D eigenvalue weighted by Crippen LogP contribution is 2.35. The summed E-state index contributed by atoms with van der Waals surface area (Å²) in [5.41, 5.74) is 2.76. The molecule has 2 N–H and O–H groups in total. The van der Waals surface area contributed by atoms with E-state index < -0.39 is 17.8 Å². The van der Waals surface area contributed by atoms with E-state index in [0.717, 1.165) is 11.1 Å². The predicted molar refractivity (Wildman–Crippen MR) is 128 cm³/mol. The second kappa shape index (κ2) is 9.70. The number of aliphatic hydroxyl groups excluding tert-OH is 1. The monoisotopic (exact) mass is 483 g/mol. The molecular formula is C25H23ClFN3O4. The number of fused-ring (bicyclic) bond motifs is 1. The molecule has 9 heteroatoms. The molecule has 0 aliphatic heterocycles. The first kappa shape index (κ1) is 23.5. The lowest BCUT2D eigenvalue weighted by atomic mass is 10.0. The van der Waals surface area contributed by atoms with Crippen LogP contribution < -0.4 is 14.8 Å². The van der Waals surface area contributed by atoms with E-state index in [4.69, 9.17) is 21.1 Å². The van der Waals surface area contributed by atoms with Crippen molar-refractivity contribution in [2.75, 3.05) is 19.5 Å². The number of benzene rings is 2. The Balaban J connectivity index is 1.75.